The van der Waals surface area contributed by atoms with Gasteiger partial charge in [-0.1, -0.05) is 30.8 Å². The van der Waals surface area contributed by atoms with Crippen molar-refractivity contribution >= 4 is 23.8 Å². The van der Waals surface area contributed by atoms with Crippen LogP contribution in [-0.4, -0.2) is 76.8 Å². The van der Waals surface area contributed by atoms with Gasteiger partial charge < -0.3 is 15.0 Å². The lowest BCUT2D eigenvalue weighted by Gasteiger charge is -2.34. The number of hydrogen-bond acceptors (Lipinski definition) is 7. The minimum absolute atomic E-state index is 0.0302. The van der Waals surface area contributed by atoms with E-state index >= 15 is 0 Å². The van der Waals surface area contributed by atoms with Crippen LogP contribution < -0.4 is 10.2 Å². The van der Waals surface area contributed by atoms with Gasteiger partial charge in [0.05, 0.1) is 11.6 Å². The zero-order valence-corrected chi connectivity index (χ0v) is 20.1. The molecule has 2 aliphatic heterocycles. The fourth-order valence-corrected chi connectivity index (χ4v) is 4.30. The van der Waals surface area contributed by atoms with Crippen molar-refractivity contribution in [2.24, 2.45) is 0 Å². The molecular weight excluding hydrogens is 451 g/mol. The third kappa shape index (κ3) is 5.59. The number of hydrogen-bond donors (Lipinski definition) is 1. The number of carbonyl (C=O) groups is 2. The smallest absolute Gasteiger partial charge is 0.416 e. The molecule has 2 aromatic rings. The predicted molar refractivity (Wildman–Crippen MR) is 131 cm³/mol. The topological polar surface area (TPSA) is 90.9 Å². The van der Waals surface area contributed by atoms with Gasteiger partial charge in [0, 0.05) is 38.9 Å². The first-order valence-corrected chi connectivity index (χ1v) is 11.7. The number of aromatic nitrogens is 2. The van der Waals surface area contributed by atoms with Gasteiger partial charge >= 0.3 is 6.09 Å². The lowest BCUT2D eigenvalue weighted by atomic mass is 10.1. The third-order valence-corrected chi connectivity index (χ3v) is 6.31. The van der Waals surface area contributed by atoms with Gasteiger partial charge in [0.25, 0.3) is 0 Å². The number of ether oxygens (including phenoxy) is 1. The molecular formula is C25H31FN6O3. The molecule has 2 aliphatic rings. The number of carbonyl (C=O) groups excluding carboxylic acids is 2. The van der Waals surface area contributed by atoms with E-state index in [4.69, 9.17) is 4.74 Å². The average molecular weight is 483 g/mol. The maximum atomic E-state index is 14.0. The quantitative estimate of drug-likeness (QED) is 0.578. The van der Waals surface area contributed by atoms with Crippen LogP contribution in [0.2, 0.25) is 0 Å². The number of halogens is 1. The van der Waals surface area contributed by atoms with Gasteiger partial charge in [-0.2, -0.15) is 4.98 Å². The summed E-state index contributed by atoms with van der Waals surface area (Å²) in [5.41, 5.74) is 1.35. The van der Waals surface area contributed by atoms with Crippen molar-refractivity contribution < 1.29 is 18.7 Å². The maximum Gasteiger partial charge on any atom is 0.416 e. The molecule has 0 aliphatic carbocycles. The predicted octanol–water partition coefficient (Wildman–Crippen LogP) is 3.16. The first-order chi connectivity index (χ1) is 16.8. The van der Waals surface area contributed by atoms with E-state index in [1.54, 1.807) is 11.0 Å². The standard InChI is InChI=1S/C25H31FN6O3/c1-4-22(33)31-13-11-30(12-14-31)16-18-5-7-19(8-6-18)20(15-26)28-23-27-10-9-21(29-23)32-24(34)35-17-25(32,2)3/h4-10,20H,1,11-17H2,2-3H3,(H,27,28,29). The van der Waals surface area contributed by atoms with Crippen LogP contribution in [0.1, 0.15) is 31.0 Å². The van der Waals surface area contributed by atoms with E-state index in [0.29, 0.717) is 18.9 Å². The van der Waals surface area contributed by atoms with Gasteiger partial charge in [0.2, 0.25) is 11.9 Å². The van der Waals surface area contributed by atoms with Crippen molar-refractivity contribution in [1.29, 1.82) is 0 Å². The number of nitrogens with one attached hydrogen (secondary N) is 1. The molecule has 1 N–H and O–H groups in total. The molecule has 2 fully saturated rings. The number of nitrogens with zero attached hydrogens (tertiary/aromatic N) is 5. The minimum atomic E-state index is -0.649. The average Bonchev–Trinajstić information content (AvgIpc) is 3.15. The summed E-state index contributed by atoms with van der Waals surface area (Å²) < 4.78 is 19.1. The van der Waals surface area contributed by atoms with E-state index in [1.165, 1.54) is 17.2 Å². The Hall–Kier alpha value is -3.53. The van der Waals surface area contributed by atoms with E-state index in [1.807, 2.05) is 38.1 Å². The molecule has 35 heavy (non-hydrogen) atoms. The van der Waals surface area contributed by atoms with Gasteiger partial charge in [-0.15, -0.1) is 0 Å². The Morgan fingerprint density at radius 3 is 2.54 bits per heavy atom. The fourth-order valence-electron chi connectivity index (χ4n) is 4.30. The highest BCUT2D eigenvalue weighted by Crippen LogP contribution is 2.29. The molecule has 1 atom stereocenters. The summed E-state index contributed by atoms with van der Waals surface area (Å²) in [5, 5.41) is 3.04. The molecule has 0 saturated carbocycles. The number of benzene rings is 1. The molecule has 2 saturated heterocycles. The maximum absolute atomic E-state index is 14.0. The Morgan fingerprint density at radius 1 is 1.23 bits per heavy atom. The van der Waals surface area contributed by atoms with Crippen LogP contribution in [0.4, 0.5) is 21.0 Å². The Labute approximate surface area is 204 Å². The number of alkyl halides is 1. The molecule has 0 radical (unpaired) electrons. The van der Waals surface area contributed by atoms with Crippen LogP contribution in [0.3, 0.4) is 0 Å². The van der Waals surface area contributed by atoms with E-state index in [2.05, 4.69) is 26.8 Å². The van der Waals surface area contributed by atoms with Crippen LogP contribution in [0.5, 0.6) is 0 Å². The Balaban J connectivity index is 1.38. The van der Waals surface area contributed by atoms with E-state index in [9.17, 15) is 14.0 Å². The van der Waals surface area contributed by atoms with Gasteiger partial charge in [-0.3, -0.25) is 14.6 Å². The molecule has 186 valence electrons. The molecule has 1 aromatic heterocycles. The van der Waals surface area contributed by atoms with Gasteiger partial charge in [0.15, 0.2) is 0 Å². The third-order valence-electron chi connectivity index (χ3n) is 6.31. The molecule has 9 nitrogen and oxygen atoms in total. The van der Waals surface area contributed by atoms with Crippen LogP contribution >= 0.6 is 0 Å². The van der Waals surface area contributed by atoms with Gasteiger partial charge in [-0.25, -0.2) is 14.2 Å². The molecule has 2 amide bonds. The van der Waals surface area contributed by atoms with Gasteiger partial charge in [-0.05, 0) is 37.1 Å². The molecule has 0 bridgehead atoms. The second kappa shape index (κ2) is 10.4. The fraction of sp³-hybridized carbons (Fsp3) is 0.440. The van der Waals surface area contributed by atoms with E-state index in [-0.39, 0.29) is 18.5 Å². The van der Waals surface area contributed by atoms with Crippen molar-refractivity contribution in [3.63, 3.8) is 0 Å². The van der Waals surface area contributed by atoms with Crippen molar-refractivity contribution in [3.8, 4) is 0 Å². The molecule has 1 unspecified atom stereocenters. The second-order valence-electron chi connectivity index (χ2n) is 9.34. The van der Waals surface area contributed by atoms with Crippen molar-refractivity contribution in [2.75, 3.05) is 49.7 Å². The highest BCUT2D eigenvalue weighted by Gasteiger charge is 2.42. The highest BCUT2D eigenvalue weighted by molar-refractivity contribution is 5.90. The molecule has 4 rings (SSSR count). The highest BCUT2D eigenvalue weighted by atomic mass is 19.1. The normalized spacial score (nSPS) is 18.8. The SMILES string of the molecule is C=CC(=O)N1CCN(Cc2ccc(C(CF)Nc3nccc(N4C(=O)OCC4(C)C)n3)cc2)CC1. The van der Waals surface area contributed by atoms with Crippen LogP contribution in [0.25, 0.3) is 0 Å². The molecule has 10 heteroatoms. The molecule has 1 aromatic carbocycles. The summed E-state index contributed by atoms with van der Waals surface area (Å²) in [4.78, 5) is 38.1. The van der Waals surface area contributed by atoms with Crippen LogP contribution in [-0.2, 0) is 16.1 Å². The Bertz CT molecular complexity index is 1070. The van der Waals surface area contributed by atoms with E-state index in [0.717, 1.165) is 30.8 Å². The first-order valence-electron chi connectivity index (χ1n) is 11.7. The first kappa shape index (κ1) is 24.6. The zero-order valence-electron chi connectivity index (χ0n) is 20.1. The summed E-state index contributed by atoms with van der Waals surface area (Å²) in [6.07, 6.45) is 2.42. The van der Waals surface area contributed by atoms with E-state index < -0.39 is 24.3 Å². The monoisotopic (exact) mass is 482 g/mol. The number of cyclic esters (lactones) is 1. The summed E-state index contributed by atoms with van der Waals surface area (Å²) in [5.74, 6) is 0.604. The number of anilines is 2. The number of piperazine rings is 1. The van der Waals surface area contributed by atoms with Crippen molar-refractivity contribution in [1.82, 2.24) is 19.8 Å². The van der Waals surface area contributed by atoms with Crippen molar-refractivity contribution in [3.05, 3.63) is 60.3 Å². The lowest BCUT2D eigenvalue weighted by molar-refractivity contribution is -0.127. The lowest BCUT2D eigenvalue weighted by Crippen LogP contribution is -2.47. The zero-order chi connectivity index (χ0) is 25.0. The second-order valence-corrected chi connectivity index (χ2v) is 9.34. The summed E-state index contributed by atoms with van der Waals surface area (Å²) >= 11 is 0. The number of amides is 2. The Morgan fingerprint density at radius 2 is 1.94 bits per heavy atom. The van der Waals surface area contributed by atoms with Crippen molar-refractivity contribution in [2.45, 2.75) is 32.0 Å². The summed E-state index contributed by atoms with van der Waals surface area (Å²) in [7, 11) is 0. The largest absolute Gasteiger partial charge is 0.447 e. The molecule has 3 heterocycles. The van der Waals surface area contributed by atoms with Crippen LogP contribution in [0.15, 0.2) is 49.2 Å². The van der Waals surface area contributed by atoms with Crippen LogP contribution in [0, 0.1) is 0 Å². The summed E-state index contributed by atoms with van der Waals surface area (Å²) in [6, 6.07) is 8.77. The molecule has 0 spiro atoms. The minimum Gasteiger partial charge on any atom is -0.447 e. The number of rotatable bonds is 8. The van der Waals surface area contributed by atoms with Gasteiger partial charge in [0.1, 0.15) is 19.1 Å². The summed E-state index contributed by atoms with van der Waals surface area (Å²) in [6.45, 7) is 10.7. The Kier molecular flexibility index (Phi) is 7.30.